The molecule has 0 amide bonds. The molecule has 2 atom stereocenters. The van der Waals surface area contributed by atoms with Crippen LogP contribution in [0, 0.1) is 12.3 Å². The van der Waals surface area contributed by atoms with E-state index >= 15 is 0 Å². The molecule has 4 heteroatoms. The molecule has 3 aliphatic heterocycles. The molecular formula is C69H70BN3. The van der Waals surface area contributed by atoms with Crippen LogP contribution in [0.1, 0.15) is 122 Å². The first kappa shape index (κ1) is 46.0. The minimum atomic E-state index is -0.0556. The molecule has 0 radical (unpaired) electrons. The summed E-state index contributed by atoms with van der Waals surface area (Å²) in [6.07, 6.45) is 5.74. The third-order valence-electron chi connectivity index (χ3n) is 18.3. The number of nitrogens with zero attached hydrogens (tertiary/aromatic N) is 3. The van der Waals surface area contributed by atoms with Gasteiger partial charge in [0.15, 0.2) is 0 Å². The van der Waals surface area contributed by atoms with Crippen molar-refractivity contribution < 1.29 is 0 Å². The van der Waals surface area contributed by atoms with Crippen molar-refractivity contribution in [3.63, 3.8) is 0 Å². The lowest BCUT2D eigenvalue weighted by Crippen LogP contribution is -2.61. The Hall–Kier alpha value is -6.78. The van der Waals surface area contributed by atoms with Crippen LogP contribution in [0.15, 0.2) is 164 Å². The van der Waals surface area contributed by atoms with E-state index in [1.54, 1.807) is 0 Å². The molecule has 0 N–H and O–H groups in total. The van der Waals surface area contributed by atoms with Crippen LogP contribution in [-0.2, 0) is 29.1 Å². The van der Waals surface area contributed by atoms with E-state index in [2.05, 4.69) is 255 Å². The van der Waals surface area contributed by atoms with Gasteiger partial charge in [0.25, 0.3) is 6.71 Å². The van der Waals surface area contributed by atoms with Crippen LogP contribution in [0.25, 0.3) is 22.3 Å². The van der Waals surface area contributed by atoms with Crippen LogP contribution in [0.5, 0.6) is 0 Å². The molecule has 3 nitrogen and oxygen atoms in total. The molecule has 1 saturated carbocycles. The van der Waals surface area contributed by atoms with Crippen LogP contribution < -0.4 is 31.1 Å². The SMILES string of the molecule is Cc1cc2c3c(c1)N(c1ccc(C(C)(C)C)cc1-c1ccccc1)c1cc4c(cc1B3c1ccc(N3c5ccccc5C5(C)CCCC35C)cc1N2c1ccc(C(C)(C)C)cc1-c1ccccc1)CC(C)(C)C4. The van der Waals surface area contributed by atoms with Crippen LogP contribution in [0.4, 0.5) is 45.5 Å². The topological polar surface area (TPSA) is 9.72 Å². The number of benzene rings is 8. The molecule has 1 fully saturated rings. The van der Waals surface area contributed by atoms with Crippen molar-refractivity contribution >= 4 is 68.6 Å². The third kappa shape index (κ3) is 6.91. The Morgan fingerprint density at radius 3 is 1.58 bits per heavy atom. The van der Waals surface area contributed by atoms with E-state index < -0.39 is 0 Å². The summed E-state index contributed by atoms with van der Waals surface area (Å²) in [6.45, 7) is 26.4. The fourth-order valence-corrected chi connectivity index (χ4v) is 14.4. The van der Waals surface area contributed by atoms with E-state index in [0.29, 0.717) is 0 Å². The molecular weight excluding hydrogens is 882 g/mol. The van der Waals surface area contributed by atoms with Gasteiger partial charge in [0.05, 0.1) is 16.9 Å². The van der Waals surface area contributed by atoms with Crippen molar-refractivity contribution in [3.05, 3.63) is 197 Å². The number of hydrogen-bond donors (Lipinski definition) is 0. The lowest BCUT2D eigenvalue weighted by Gasteiger charge is -2.46. The Labute approximate surface area is 436 Å². The maximum absolute atomic E-state index is 2.75. The van der Waals surface area contributed by atoms with E-state index in [4.69, 9.17) is 0 Å². The second-order valence-corrected chi connectivity index (χ2v) is 25.8. The van der Waals surface area contributed by atoms with Gasteiger partial charge in [0, 0.05) is 50.7 Å². The summed E-state index contributed by atoms with van der Waals surface area (Å²) in [4.78, 5) is 8.12. The average molecular weight is 952 g/mol. The van der Waals surface area contributed by atoms with Crippen molar-refractivity contribution in [3.8, 4) is 22.3 Å². The largest absolute Gasteiger partial charge is 0.334 e. The summed E-state index contributed by atoms with van der Waals surface area (Å²) in [6, 6.07) is 64.1. The first-order chi connectivity index (χ1) is 34.8. The number of rotatable bonds is 5. The fraction of sp³-hybridized carbons (Fsp3) is 0.304. The molecule has 8 aromatic carbocycles. The molecule has 2 unspecified atom stereocenters. The average Bonchev–Trinajstić information content (AvgIpc) is 3.91. The second-order valence-electron chi connectivity index (χ2n) is 25.8. The number of para-hydroxylation sites is 1. The van der Waals surface area contributed by atoms with Gasteiger partial charge in [-0.3, -0.25) is 0 Å². The highest BCUT2D eigenvalue weighted by molar-refractivity contribution is 7.00. The Morgan fingerprint density at radius 1 is 0.466 bits per heavy atom. The monoisotopic (exact) mass is 952 g/mol. The van der Waals surface area contributed by atoms with Crippen LogP contribution >= 0.6 is 0 Å². The van der Waals surface area contributed by atoms with Gasteiger partial charge in [-0.1, -0.05) is 172 Å². The predicted octanol–water partition coefficient (Wildman–Crippen LogP) is 16.5. The predicted molar refractivity (Wildman–Crippen MR) is 313 cm³/mol. The molecule has 5 aliphatic rings. The summed E-state index contributed by atoms with van der Waals surface area (Å²) in [7, 11) is 0. The molecule has 0 bridgehead atoms. The van der Waals surface area contributed by atoms with E-state index in [1.165, 1.54) is 130 Å². The second kappa shape index (κ2) is 15.9. The van der Waals surface area contributed by atoms with E-state index in [1.807, 2.05) is 0 Å². The third-order valence-corrected chi connectivity index (χ3v) is 18.3. The maximum atomic E-state index is 2.75. The first-order valence-electron chi connectivity index (χ1n) is 27.2. The molecule has 8 aromatic rings. The molecule has 2 aliphatic carbocycles. The van der Waals surface area contributed by atoms with Gasteiger partial charge >= 0.3 is 0 Å². The van der Waals surface area contributed by atoms with Gasteiger partial charge in [-0.25, -0.2) is 0 Å². The fourth-order valence-electron chi connectivity index (χ4n) is 14.4. The molecule has 0 spiro atoms. The van der Waals surface area contributed by atoms with Crippen molar-refractivity contribution in [1.29, 1.82) is 0 Å². The van der Waals surface area contributed by atoms with E-state index in [-0.39, 0.29) is 33.9 Å². The Morgan fingerprint density at radius 2 is 1.00 bits per heavy atom. The maximum Gasteiger partial charge on any atom is 0.252 e. The standard InChI is InChI=1S/C69H70BN3/c1-44-35-62-64-63(36-44)72(58-32-28-50(66(5,6)7)40-53(58)46-23-16-13-17-24-46)61-41-51(73-59-26-19-18-25-54(59)68(10)33-20-34-69(68,73)11)29-30-55(61)70(64)56-37-47-42-67(8,9)43-48(47)38-60(56)71(62)57-31-27-49(65(2,3)4)39-52(57)45-21-14-12-15-22-45/h12-19,21-32,35-41H,20,33-34,42-43H2,1-11H3. The van der Waals surface area contributed by atoms with E-state index in [0.717, 1.165) is 19.3 Å². The van der Waals surface area contributed by atoms with Crippen LogP contribution in [0.2, 0.25) is 0 Å². The van der Waals surface area contributed by atoms with Gasteiger partial charge in [-0.05, 0) is 177 Å². The molecule has 0 saturated heterocycles. The van der Waals surface area contributed by atoms with Crippen molar-refractivity contribution in [2.45, 2.75) is 130 Å². The number of fused-ring (bicyclic) bond motifs is 8. The summed E-state index contributed by atoms with van der Waals surface area (Å²) < 4.78 is 0. The number of anilines is 8. The smallest absolute Gasteiger partial charge is 0.252 e. The highest BCUT2D eigenvalue weighted by atomic mass is 15.3. The summed E-state index contributed by atoms with van der Waals surface area (Å²) >= 11 is 0. The molecule has 73 heavy (non-hydrogen) atoms. The minimum Gasteiger partial charge on any atom is -0.334 e. The zero-order chi connectivity index (χ0) is 50.6. The van der Waals surface area contributed by atoms with E-state index in [9.17, 15) is 0 Å². The highest BCUT2D eigenvalue weighted by Crippen LogP contribution is 2.63. The Kier molecular flexibility index (Phi) is 10.0. The van der Waals surface area contributed by atoms with Gasteiger partial charge < -0.3 is 14.7 Å². The number of aryl methyl sites for hydroxylation is 1. The molecule has 3 heterocycles. The van der Waals surface area contributed by atoms with Crippen molar-refractivity contribution in [2.75, 3.05) is 14.7 Å². The molecule has 13 rings (SSSR count). The summed E-state index contributed by atoms with van der Waals surface area (Å²) in [5, 5.41) is 0. The Balaban J connectivity index is 1.13. The minimum absolute atomic E-state index is 0.00686. The van der Waals surface area contributed by atoms with Gasteiger partial charge in [0.2, 0.25) is 0 Å². The van der Waals surface area contributed by atoms with Crippen molar-refractivity contribution in [2.24, 2.45) is 5.41 Å². The quantitative estimate of drug-likeness (QED) is 0.159. The van der Waals surface area contributed by atoms with Gasteiger partial charge in [-0.2, -0.15) is 0 Å². The first-order valence-corrected chi connectivity index (χ1v) is 27.2. The normalized spacial score (nSPS) is 20.1. The Bertz CT molecular complexity index is 3560. The number of hydrogen-bond acceptors (Lipinski definition) is 3. The highest BCUT2D eigenvalue weighted by Gasteiger charge is 2.59. The lowest BCUT2D eigenvalue weighted by atomic mass is 9.33. The molecule has 364 valence electrons. The van der Waals surface area contributed by atoms with Gasteiger partial charge in [-0.15, -0.1) is 0 Å². The van der Waals surface area contributed by atoms with Crippen LogP contribution in [0.3, 0.4) is 0 Å². The van der Waals surface area contributed by atoms with Crippen LogP contribution in [-0.4, -0.2) is 12.3 Å². The zero-order valence-electron chi connectivity index (χ0n) is 45.0. The summed E-state index contributed by atoms with van der Waals surface area (Å²) in [5.74, 6) is 0. The lowest BCUT2D eigenvalue weighted by molar-refractivity contribution is 0.330. The molecule has 0 aromatic heterocycles. The summed E-state index contributed by atoms with van der Waals surface area (Å²) in [5.41, 5.74) is 27.8. The van der Waals surface area contributed by atoms with Crippen molar-refractivity contribution in [1.82, 2.24) is 0 Å². The van der Waals surface area contributed by atoms with Gasteiger partial charge in [0.1, 0.15) is 0 Å². The zero-order valence-corrected chi connectivity index (χ0v) is 45.0.